The van der Waals surface area contributed by atoms with Crippen LogP contribution in [0.2, 0.25) is 0 Å². The maximum atomic E-state index is 12.0. The molecule has 1 aromatic carbocycles. The van der Waals surface area contributed by atoms with Crippen molar-refractivity contribution in [2.45, 2.75) is 52.6 Å². The zero-order valence-corrected chi connectivity index (χ0v) is 18.2. The first-order valence-corrected chi connectivity index (χ1v) is 9.22. The van der Waals surface area contributed by atoms with Crippen molar-refractivity contribution in [3.05, 3.63) is 42.0 Å². The summed E-state index contributed by atoms with van der Waals surface area (Å²) in [5, 5.41) is 9.73. The summed E-state index contributed by atoms with van der Waals surface area (Å²) in [7, 11) is 0. The fraction of sp³-hybridized carbons (Fsp3) is 0.500. The summed E-state index contributed by atoms with van der Waals surface area (Å²) in [6.45, 7) is 7.43. The van der Waals surface area contributed by atoms with E-state index in [0.29, 0.717) is 12.6 Å². The SMILES string of the molecule is CCNC(=NCc1cccc(NC(=O)C(C)CC)c1)NC1CC=CC1.I. The monoisotopic (exact) mass is 470 g/mol. The molecule has 0 bridgehead atoms. The predicted molar refractivity (Wildman–Crippen MR) is 120 cm³/mol. The fourth-order valence-electron chi connectivity index (χ4n) is 2.62. The lowest BCUT2D eigenvalue weighted by Gasteiger charge is -2.16. The van der Waals surface area contributed by atoms with Gasteiger partial charge in [0.2, 0.25) is 5.91 Å². The van der Waals surface area contributed by atoms with Gasteiger partial charge in [0.05, 0.1) is 6.54 Å². The molecule has 0 fully saturated rings. The number of nitrogens with zero attached hydrogens (tertiary/aromatic N) is 1. The van der Waals surface area contributed by atoms with E-state index in [4.69, 9.17) is 0 Å². The van der Waals surface area contributed by atoms with E-state index in [2.05, 4.69) is 40.0 Å². The molecular weight excluding hydrogens is 439 g/mol. The molecule has 26 heavy (non-hydrogen) atoms. The van der Waals surface area contributed by atoms with Gasteiger partial charge < -0.3 is 16.0 Å². The summed E-state index contributed by atoms with van der Waals surface area (Å²) in [6.07, 6.45) is 7.32. The Hall–Kier alpha value is -1.57. The second-order valence-electron chi connectivity index (χ2n) is 6.48. The van der Waals surface area contributed by atoms with Crippen LogP contribution in [0.4, 0.5) is 5.69 Å². The molecule has 0 aromatic heterocycles. The Bertz CT molecular complexity index is 622. The lowest BCUT2D eigenvalue weighted by Crippen LogP contribution is -2.42. The van der Waals surface area contributed by atoms with Crippen LogP contribution in [0.1, 0.15) is 45.6 Å². The van der Waals surface area contributed by atoms with E-state index < -0.39 is 0 Å². The highest BCUT2D eigenvalue weighted by Crippen LogP contribution is 2.14. The van der Waals surface area contributed by atoms with Crippen LogP contribution in [0.25, 0.3) is 0 Å². The molecule has 0 saturated carbocycles. The van der Waals surface area contributed by atoms with Crippen molar-refractivity contribution >= 4 is 41.5 Å². The molecular formula is C20H31IN4O. The van der Waals surface area contributed by atoms with E-state index in [-0.39, 0.29) is 35.8 Å². The first kappa shape index (κ1) is 22.5. The minimum Gasteiger partial charge on any atom is -0.357 e. The topological polar surface area (TPSA) is 65.5 Å². The average molecular weight is 470 g/mol. The quantitative estimate of drug-likeness (QED) is 0.244. The lowest BCUT2D eigenvalue weighted by molar-refractivity contribution is -0.119. The number of rotatable bonds is 7. The average Bonchev–Trinajstić information content (AvgIpc) is 3.12. The molecule has 3 N–H and O–H groups in total. The van der Waals surface area contributed by atoms with Crippen molar-refractivity contribution in [1.29, 1.82) is 0 Å². The van der Waals surface area contributed by atoms with E-state index in [9.17, 15) is 4.79 Å². The van der Waals surface area contributed by atoms with Gasteiger partial charge >= 0.3 is 0 Å². The molecule has 0 spiro atoms. The molecule has 0 radical (unpaired) electrons. The van der Waals surface area contributed by atoms with Crippen molar-refractivity contribution in [1.82, 2.24) is 10.6 Å². The van der Waals surface area contributed by atoms with E-state index in [1.165, 1.54) is 0 Å². The van der Waals surface area contributed by atoms with Gasteiger partial charge in [-0.2, -0.15) is 0 Å². The van der Waals surface area contributed by atoms with Gasteiger partial charge in [-0.3, -0.25) is 4.79 Å². The molecule has 0 saturated heterocycles. The highest BCUT2D eigenvalue weighted by atomic mass is 127. The number of nitrogens with one attached hydrogen (secondary N) is 3. The van der Waals surface area contributed by atoms with E-state index >= 15 is 0 Å². The molecule has 1 aliphatic carbocycles. The van der Waals surface area contributed by atoms with Crippen LogP contribution >= 0.6 is 24.0 Å². The largest absolute Gasteiger partial charge is 0.357 e. The molecule has 5 nitrogen and oxygen atoms in total. The van der Waals surface area contributed by atoms with Gasteiger partial charge in [0.15, 0.2) is 5.96 Å². The van der Waals surface area contributed by atoms with Crippen molar-refractivity contribution < 1.29 is 4.79 Å². The molecule has 1 unspecified atom stereocenters. The highest BCUT2D eigenvalue weighted by Gasteiger charge is 2.12. The zero-order chi connectivity index (χ0) is 18.1. The Labute approximate surface area is 174 Å². The number of carbonyl (C=O) groups is 1. The molecule has 0 aliphatic heterocycles. The minimum absolute atomic E-state index is 0. The molecule has 144 valence electrons. The van der Waals surface area contributed by atoms with Crippen LogP contribution in [-0.2, 0) is 11.3 Å². The van der Waals surface area contributed by atoms with Gasteiger partial charge in [-0.15, -0.1) is 24.0 Å². The minimum atomic E-state index is 0. The van der Waals surface area contributed by atoms with Crippen LogP contribution in [0.3, 0.4) is 0 Å². The van der Waals surface area contributed by atoms with Crippen molar-refractivity contribution in [3.8, 4) is 0 Å². The predicted octanol–water partition coefficient (Wildman–Crippen LogP) is 4.06. The molecule has 2 rings (SSSR count). The van der Waals surface area contributed by atoms with Crippen LogP contribution in [0.5, 0.6) is 0 Å². The van der Waals surface area contributed by atoms with Crippen LogP contribution < -0.4 is 16.0 Å². The summed E-state index contributed by atoms with van der Waals surface area (Å²) < 4.78 is 0. The normalized spacial score (nSPS) is 15.3. The second-order valence-corrected chi connectivity index (χ2v) is 6.48. The van der Waals surface area contributed by atoms with Crippen LogP contribution in [0.15, 0.2) is 41.4 Å². The number of guanidine groups is 1. The lowest BCUT2D eigenvalue weighted by atomic mass is 10.1. The zero-order valence-electron chi connectivity index (χ0n) is 15.9. The van der Waals surface area contributed by atoms with Crippen LogP contribution in [0, 0.1) is 5.92 Å². The highest BCUT2D eigenvalue weighted by molar-refractivity contribution is 14.0. The third-order valence-corrected chi connectivity index (χ3v) is 4.37. The summed E-state index contributed by atoms with van der Waals surface area (Å²) in [5.74, 6) is 0.920. The molecule has 1 amide bonds. The maximum absolute atomic E-state index is 12.0. The molecule has 0 heterocycles. The van der Waals surface area contributed by atoms with Crippen LogP contribution in [-0.4, -0.2) is 24.5 Å². The van der Waals surface area contributed by atoms with E-state index in [1.807, 2.05) is 38.1 Å². The third kappa shape index (κ3) is 7.35. The number of anilines is 1. The third-order valence-electron chi connectivity index (χ3n) is 4.37. The maximum Gasteiger partial charge on any atom is 0.227 e. The second kappa shape index (κ2) is 11.9. The van der Waals surface area contributed by atoms with Gasteiger partial charge in [-0.1, -0.05) is 38.1 Å². The number of amides is 1. The van der Waals surface area contributed by atoms with E-state index in [1.54, 1.807) is 0 Å². The van der Waals surface area contributed by atoms with Gasteiger partial charge in [0.25, 0.3) is 0 Å². The summed E-state index contributed by atoms with van der Waals surface area (Å²) >= 11 is 0. The first-order chi connectivity index (χ1) is 12.1. The number of halogens is 1. The number of carbonyl (C=O) groups excluding carboxylic acids is 1. The van der Waals surface area contributed by atoms with E-state index in [0.717, 1.165) is 43.0 Å². The Morgan fingerprint density at radius 1 is 1.27 bits per heavy atom. The standard InChI is InChI=1S/C20H30N4O.HI/c1-4-15(3)19(25)23-18-12-8-9-16(13-18)14-22-20(21-5-2)24-17-10-6-7-11-17;/h6-9,12-13,15,17H,4-5,10-11,14H2,1-3H3,(H,23,25)(H2,21,22,24);1H. The Morgan fingerprint density at radius 2 is 2.00 bits per heavy atom. The Balaban J connectivity index is 0.00000338. The van der Waals surface area contributed by atoms with Gasteiger partial charge in [0.1, 0.15) is 0 Å². The number of hydrogen-bond donors (Lipinski definition) is 3. The summed E-state index contributed by atoms with van der Waals surface area (Å²) in [6, 6.07) is 8.33. The number of hydrogen-bond acceptors (Lipinski definition) is 2. The summed E-state index contributed by atoms with van der Waals surface area (Å²) in [5.41, 5.74) is 1.90. The van der Waals surface area contributed by atoms with Gasteiger partial charge in [-0.25, -0.2) is 4.99 Å². The fourth-order valence-corrected chi connectivity index (χ4v) is 2.62. The number of aliphatic imine (C=N–C) groups is 1. The molecule has 1 aromatic rings. The Kier molecular flexibility index (Phi) is 10.3. The first-order valence-electron chi connectivity index (χ1n) is 9.22. The number of benzene rings is 1. The Morgan fingerprint density at radius 3 is 2.65 bits per heavy atom. The van der Waals surface area contributed by atoms with Gasteiger partial charge in [0, 0.05) is 24.2 Å². The van der Waals surface area contributed by atoms with Crippen molar-refractivity contribution in [2.24, 2.45) is 10.9 Å². The van der Waals surface area contributed by atoms with Gasteiger partial charge in [-0.05, 0) is 43.9 Å². The molecule has 6 heteroatoms. The van der Waals surface area contributed by atoms with Crippen molar-refractivity contribution in [3.63, 3.8) is 0 Å². The molecule has 1 atom stereocenters. The molecule has 1 aliphatic rings. The smallest absolute Gasteiger partial charge is 0.227 e. The van der Waals surface area contributed by atoms with Crippen molar-refractivity contribution in [2.75, 3.05) is 11.9 Å². The summed E-state index contributed by atoms with van der Waals surface area (Å²) in [4.78, 5) is 16.7.